The second-order valence-corrected chi connectivity index (χ2v) is 28.3. The van der Waals surface area contributed by atoms with Crippen molar-refractivity contribution >= 4 is 37.2 Å². The summed E-state index contributed by atoms with van der Waals surface area (Å²) in [4.78, 5) is 0. The van der Waals surface area contributed by atoms with Crippen molar-refractivity contribution < 1.29 is 9.53 Å². The van der Waals surface area contributed by atoms with Gasteiger partial charge in [0.2, 0.25) is 8.32 Å². The van der Waals surface area contributed by atoms with E-state index < -0.39 is 15.7 Å². The van der Waals surface area contributed by atoms with Gasteiger partial charge >= 0.3 is 0 Å². The summed E-state index contributed by atoms with van der Waals surface area (Å²) in [6.07, 6.45) is 28.3. The number of hydrogen-bond donors (Lipinski definition) is 1. The molecule has 52 heavy (non-hydrogen) atoms. The van der Waals surface area contributed by atoms with Crippen molar-refractivity contribution in [2.75, 3.05) is 0 Å². The maximum Gasteiger partial charge on any atom is 0.218 e. The van der Waals surface area contributed by atoms with E-state index in [0.29, 0.717) is 6.10 Å². The van der Waals surface area contributed by atoms with Crippen LogP contribution in [0.2, 0.25) is 26.2 Å². The van der Waals surface area contributed by atoms with Crippen LogP contribution in [0.4, 0.5) is 0 Å². The number of aliphatic hydroxyl groups excluding tert-OH is 1. The topological polar surface area (TPSA) is 29.5 Å². The van der Waals surface area contributed by atoms with Crippen molar-refractivity contribution in [2.45, 2.75) is 188 Å². The Morgan fingerprint density at radius 1 is 0.538 bits per heavy atom. The van der Waals surface area contributed by atoms with Gasteiger partial charge in [-0.05, 0) is 136 Å². The molecule has 0 aromatic heterocycles. The largest absolute Gasteiger partial charge is 0.410 e. The molecule has 0 saturated heterocycles. The number of benzene rings is 2. The molecule has 296 valence electrons. The van der Waals surface area contributed by atoms with E-state index in [-0.39, 0.29) is 13.5 Å². The highest BCUT2D eigenvalue weighted by Gasteiger charge is 2.35. The zero-order valence-corrected chi connectivity index (χ0v) is 36.5. The lowest BCUT2D eigenvalue weighted by Crippen LogP contribution is -2.48. The Kier molecular flexibility index (Phi) is 20.3. The molecule has 4 fully saturated rings. The predicted octanol–water partition coefficient (Wildman–Crippen LogP) is 13.4. The molecule has 0 heterocycles. The highest BCUT2D eigenvalue weighted by Crippen LogP contribution is 2.42. The fourth-order valence-corrected chi connectivity index (χ4v) is 13.7. The van der Waals surface area contributed by atoms with Gasteiger partial charge in [-0.2, -0.15) is 11.1 Å². The first kappa shape index (κ1) is 45.5. The molecule has 6 rings (SSSR count). The van der Waals surface area contributed by atoms with Crippen molar-refractivity contribution in [1.82, 2.24) is 0 Å². The molecule has 2 aromatic rings. The molecule has 4 aliphatic carbocycles. The summed E-state index contributed by atoms with van der Waals surface area (Å²) >= 11 is 6.20. The highest BCUT2D eigenvalue weighted by molar-refractivity contribution is 7.26. The van der Waals surface area contributed by atoms with E-state index in [0.717, 1.165) is 48.3 Å². The van der Waals surface area contributed by atoms with Gasteiger partial charge in [0.25, 0.3) is 0 Å². The number of hydrogen-bond acceptors (Lipinski definition) is 2. The van der Waals surface area contributed by atoms with E-state index in [1.165, 1.54) is 126 Å². The first-order chi connectivity index (χ1) is 24.5. The molecule has 4 aliphatic rings. The predicted molar refractivity (Wildman–Crippen MR) is 235 cm³/mol. The maximum absolute atomic E-state index is 9.54. The molecule has 0 spiro atoms. The van der Waals surface area contributed by atoms with Gasteiger partial charge in [-0.15, -0.1) is 0 Å². The van der Waals surface area contributed by atoms with Gasteiger partial charge < -0.3 is 9.53 Å². The third kappa shape index (κ3) is 15.3. The van der Waals surface area contributed by atoms with E-state index in [4.69, 9.17) is 15.5 Å². The number of halogens is 1. The average Bonchev–Trinajstić information content (AvgIpc) is 3.14. The standard InChI is InChI=1S/C23H38OSi.C15H28O.C8H11ClSi.CH4/c1-4-8-19-11-13-20(14-12-19)21-15-17-22(18-16-21)24-25(2,3)23-9-6-5-7-10-23;1-2-3-12-4-6-13(7-5-12)14-8-10-15(16)11-9-14;1-10(2,9)8-6-4-3-5-7-8;/h5-7,9-10,19-22H,4,8,11-18H2,1-3H3;12-16H,2-11H2,1H3;3-7H,1-2H3;1H4. The normalized spacial score (nSPS) is 29.7. The van der Waals surface area contributed by atoms with Crippen molar-refractivity contribution in [3.8, 4) is 0 Å². The molecule has 0 bridgehead atoms. The van der Waals surface area contributed by atoms with Gasteiger partial charge in [-0.3, -0.25) is 0 Å². The average molecular weight is 770 g/mol. The van der Waals surface area contributed by atoms with Gasteiger partial charge in [-0.1, -0.05) is 146 Å². The lowest BCUT2D eigenvalue weighted by atomic mass is 9.70. The molecule has 1 N–H and O–H groups in total. The highest BCUT2D eigenvalue weighted by atomic mass is 35.6. The van der Waals surface area contributed by atoms with Crippen LogP contribution in [0.3, 0.4) is 0 Å². The fourth-order valence-electron chi connectivity index (χ4n) is 10.1. The molecular weight excluding hydrogens is 688 g/mol. The number of aliphatic hydroxyl groups is 1. The molecule has 0 atom stereocenters. The lowest BCUT2D eigenvalue weighted by molar-refractivity contribution is 0.0764. The van der Waals surface area contributed by atoms with Gasteiger partial charge in [0.15, 0.2) is 7.38 Å². The van der Waals surface area contributed by atoms with Crippen molar-refractivity contribution in [3.63, 3.8) is 0 Å². The molecule has 0 aliphatic heterocycles. The van der Waals surface area contributed by atoms with Crippen LogP contribution in [-0.4, -0.2) is 33.0 Å². The van der Waals surface area contributed by atoms with E-state index >= 15 is 0 Å². The third-order valence-corrected chi connectivity index (χ3v) is 18.4. The molecule has 0 radical (unpaired) electrons. The molecule has 0 unspecified atom stereocenters. The van der Waals surface area contributed by atoms with Gasteiger partial charge in [-0.25, -0.2) is 0 Å². The molecule has 4 saturated carbocycles. The van der Waals surface area contributed by atoms with Crippen LogP contribution >= 0.6 is 11.1 Å². The van der Waals surface area contributed by atoms with E-state index in [9.17, 15) is 5.11 Å². The van der Waals surface area contributed by atoms with Gasteiger partial charge in [0.1, 0.15) is 0 Å². The quantitative estimate of drug-likeness (QED) is 0.193. The van der Waals surface area contributed by atoms with Crippen molar-refractivity contribution in [1.29, 1.82) is 0 Å². The van der Waals surface area contributed by atoms with Crippen LogP contribution in [0.15, 0.2) is 60.7 Å². The van der Waals surface area contributed by atoms with Crippen LogP contribution < -0.4 is 10.4 Å². The Morgan fingerprint density at radius 3 is 1.23 bits per heavy atom. The number of rotatable bonds is 10. The SMILES string of the molecule is C.CCCC1CCC(C2CCC(O)CC2)CC1.CCCC1CCC(C2CCC(O[Si](C)(C)c3ccccc3)CC2)CC1.C[Si](C)(Cl)c1ccccc1. The first-order valence-electron chi connectivity index (χ1n) is 21.6. The third-order valence-electron chi connectivity index (χ3n) is 13.4. The Morgan fingerprint density at radius 2 is 0.885 bits per heavy atom. The van der Waals surface area contributed by atoms with Crippen LogP contribution in [0.1, 0.15) is 150 Å². The van der Waals surface area contributed by atoms with Crippen LogP contribution in [0.5, 0.6) is 0 Å². The van der Waals surface area contributed by atoms with Crippen molar-refractivity contribution in [3.05, 3.63) is 60.7 Å². The van der Waals surface area contributed by atoms with E-state index in [2.05, 4.69) is 82.5 Å². The summed E-state index contributed by atoms with van der Waals surface area (Å²) in [5, 5.41) is 12.3. The van der Waals surface area contributed by atoms with Crippen LogP contribution in [0, 0.1) is 35.5 Å². The summed E-state index contributed by atoms with van der Waals surface area (Å²) in [6.45, 7) is 13.6. The summed E-state index contributed by atoms with van der Waals surface area (Å²) < 4.78 is 6.69. The molecule has 2 aromatic carbocycles. The smallest absolute Gasteiger partial charge is 0.218 e. The second-order valence-electron chi connectivity index (χ2n) is 18.1. The first-order valence-corrected chi connectivity index (χ1v) is 28.6. The Bertz CT molecular complexity index is 1170. The zero-order chi connectivity index (χ0) is 36.7. The zero-order valence-electron chi connectivity index (χ0n) is 33.8. The van der Waals surface area contributed by atoms with Gasteiger partial charge in [0.05, 0.1) is 6.10 Å². The Labute approximate surface area is 329 Å². The minimum atomic E-state index is -1.75. The second kappa shape index (κ2) is 23.2. The molecule has 5 heteroatoms. The van der Waals surface area contributed by atoms with Crippen LogP contribution in [0.25, 0.3) is 0 Å². The van der Waals surface area contributed by atoms with Crippen molar-refractivity contribution in [2.24, 2.45) is 35.5 Å². The monoisotopic (exact) mass is 769 g/mol. The van der Waals surface area contributed by atoms with E-state index in [1.807, 2.05) is 18.2 Å². The fraction of sp³-hybridized carbons (Fsp3) is 0.745. The van der Waals surface area contributed by atoms with E-state index in [1.54, 1.807) is 0 Å². The van der Waals surface area contributed by atoms with Gasteiger partial charge in [0, 0.05) is 6.10 Å². The summed E-state index contributed by atoms with van der Waals surface area (Å²) in [5.74, 6) is 6.04. The minimum absolute atomic E-state index is 0. The summed E-state index contributed by atoms with van der Waals surface area (Å²) in [5.41, 5.74) is 0. The summed E-state index contributed by atoms with van der Waals surface area (Å²) in [7, 11) is -3.31. The van der Waals surface area contributed by atoms with Crippen LogP contribution in [-0.2, 0) is 4.43 Å². The Hall–Kier alpha value is -0.916. The molecule has 2 nitrogen and oxygen atoms in total. The lowest BCUT2D eigenvalue weighted by Gasteiger charge is -2.39. The maximum atomic E-state index is 9.54. The molecule has 0 amide bonds. The minimum Gasteiger partial charge on any atom is -0.410 e. The molecular formula is C47H81ClO2Si2. The summed E-state index contributed by atoms with van der Waals surface area (Å²) in [6, 6.07) is 21.2. The Balaban J connectivity index is 0.000000231.